The van der Waals surface area contributed by atoms with E-state index in [2.05, 4.69) is 74.7 Å². The lowest BCUT2D eigenvalue weighted by Gasteiger charge is -2.27. The van der Waals surface area contributed by atoms with Crippen molar-refractivity contribution in [3.8, 4) is 0 Å². The summed E-state index contributed by atoms with van der Waals surface area (Å²) < 4.78 is 30.5. The second kappa shape index (κ2) is 49.0. The number of unbranched alkanes of at least 4 members (excludes halogenated alkanes) is 20. The number of phosphoric ester groups is 1. The lowest BCUT2D eigenvalue weighted by molar-refractivity contribution is -0.870. The van der Waals surface area contributed by atoms with Gasteiger partial charge in [-0.3, -0.25) is 18.6 Å². The largest absolute Gasteiger partial charge is 0.472 e. The third kappa shape index (κ3) is 49.4. The number of carbonyl (C=O) groups is 2. The molecule has 0 aliphatic carbocycles. The average Bonchev–Trinajstić information content (AvgIpc) is 3.32. The van der Waals surface area contributed by atoms with E-state index in [0.717, 1.165) is 77.0 Å². The fourth-order valence-corrected chi connectivity index (χ4v) is 7.88. The van der Waals surface area contributed by atoms with Crippen molar-refractivity contribution in [3.05, 3.63) is 122 Å². The number of nitrogens with zero attached hydrogens (tertiary/aromatic N) is 1. The van der Waals surface area contributed by atoms with Crippen molar-refractivity contribution in [1.29, 1.82) is 0 Å². The Bertz CT molecular complexity index is 1610. The fraction of sp³-hybridized carbons (Fsp3) is 0.633. The topological polar surface area (TPSA) is 111 Å². The third-order valence-corrected chi connectivity index (χ3v) is 12.4. The first-order valence-electron chi connectivity index (χ1n) is 27.5. The van der Waals surface area contributed by atoms with Crippen molar-refractivity contribution in [3.63, 3.8) is 0 Å². The summed E-state index contributed by atoms with van der Waals surface area (Å²) in [6, 6.07) is -0.884. The van der Waals surface area contributed by atoms with Crippen molar-refractivity contribution in [2.75, 3.05) is 40.9 Å². The lowest BCUT2D eigenvalue weighted by atomic mass is 10.0. The van der Waals surface area contributed by atoms with Gasteiger partial charge >= 0.3 is 13.8 Å². The lowest BCUT2D eigenvalue weighted by Crippen LogP contribution is -2.47. The number of carbonyl (C=O) groups excluding carboxylic acids is 2. The minimum absolute atomic E-state index is 0.0216. The molecule has 2 N–H and O–H groups in total. The molecular weight excluding hydrogens is 892 g/mol. The first-order chi connectivity index (χ1) is 33.9. The van der Waals surface area contributed by atoms with Gasteiger partial charge in [0, 0.05) is 12.8 Å². The van der Waals surface area contributed by atoms with E-state index in [-0.39, 0.29) is 37.9 Å². The molecule has 9 nitrogen and oxygen atoms in total. The molecule has 0 saturated heterocycles. The Morgan fingerprint density at radius 2 is 0.914 bits per heavy atom. The van der Waals surface area contributed by atoms with E-state index in [1.807, 2.05) is 94.1 Å². The summed E-state index contributed by atoms with van der Waals surface area (Å²) in [7, 11) is 1.43. The number of likely N-dealkylation sites (N-methyl/N-ethyl adjacent to an activating group) is 1. The Hall–Kier alpha value is -3.59. The van der Waals surface area contributed by atoms with E-state index >= 15 is 0 Å². The quantitative estimate of drug-likeness (QED) is 0.0156. The monoisotopic (exact) mass is 994 g/mol. The van der Waals surface area contributed by atoms with E-state index in [1.54, 1.807) is 0 Å². The van der Waals surface area contributed by atoms with Gasteiger partial charge in [-0.2, -0.15) is 0 Å². The van der Waals surface area contributed by atoms with Crippen LogP contribution in [0.3, 0.4) is 0 Å². The smallest absolute Gasteiger partial charge is 0.456 e. The predicted octanol–water partition coefficient (Wildman–Crippen LogP) is 16.4. The third-order valence-electron chi connectivity index (χ3n) is 11.4. The van der Waals surface area contributed by atoms with Gasteiger partial charge in [0.25, 0.3) is 0 Å². The van der Waals surface area contributed by atoms with E-state index in [0.29, 0.717) is 23.9 Å². The molecule has 398 valence electrons. The minimum Gasteiger partial charge on any atom is -0.456 e. The zero-order valence-electron chi connectivity index (χ0n) is 45.2. The standard InChI is InChI=1S/C60H101N2O7P/c1-7-10-13-16-19-22-25-28-30-31-33-34-37-40-43-46-49-52-59(63)61-57(56-68-70(65,66)67-55-54-62(4,5)6)58(51-48-45-42-39-36-27-24-21-18-15-12-9-3)69-60(64)53-50-47-44-41-38-35-32-29-26-23-20-17-14-11-8-2/h10-11,13-14,16-17,19-20,22-23,25-26,28,30-31,33-34,37,48,51,57-58H,7-9,12,15,18,21,24,27,29,32,35-36,38-47,49-50,52-56H2,1-6H3,(H-,61,63,65,66)/p+1/b13-10-,14-11+,19-16+,20-17+,25-22+,26-23+,30-28-,33-31+,37-34+,51-48+. The second-order valence-corrected chi connectivity index (χ2v) is 20.7. The Kier molecular flexibility index (Phi) is 46.5. The highest BCUT2D eigenvalue weighted by molar-refractivity contribution is 7.47. The molecule has 0 aliphatic rings. The number of nitrogens with one attached hydrogen (secondary N) is 1. The van der Waals surface area contributed by atoms with Crippen molar-refractivity contribution >= 4 is 19.7 Å². The maximum atomic E-state index is 13.5. The number of hydrogen-bond acceptors (Lipinski definition) is 6. The van der Waals surface area contributed by atoms with Crippen LogP contribution in [0.2, 0.25) is 0 Å². The van der Waals surface area contributed by atoms with Gasteiger partial charge in [0.05, 0.1) is 33.8 Å². The van der Waals surface area contributed by atoms with E-state index in [4.69, 9.17) is 13.8 Å². The highest BCUT2D eigenvalue weighted by atomic mass is 31.2. The number of hydrogen-bond donors (Lipinski definition) is 2. The summed E-state index contributed by atoms with van der Waals surface area (Å²) in [5.74, 6) is -0.583. The maximum absolute atomic E-state index is 13.5. The SMILES string of the molecule is CC\C=C/C=C/C=C/C=C\C=C\C=C\CCCCCC(=O)NC(COP(=O)(O)OCC[N+](C)(C)C)C(/C=C/CCCCCCCCCCCC)OC(=O)CCCCCCCCC/C=C/C=C/C=C/CC. The van der Waals surface area contributed by atoms with Crippen LogP contribution < -0.4 is 5.32 Å². The van der Waals surface area contributed by atoms with Crippen LogP contribution in [0.1, 0.15) is 194 Å². The van der Waals surface area contributed by atoms with Crippen LogP contribution in [-0.4, -0.2) is 74.3 Å². The Balaban J connectivity index is 5.51. The Morgan fingerprint density at radius 1 is 0.514 bits per heavy atom. The molecule has 0 heterocycles. The van der Waals surface area contributed by atoms with E-state index < -0.39 is 20.0 Å². The number of esters is 1. The van der Waals surface area contributed by atoms with Gasteiger partial charge in [0.2, 0.25) is 5.91 Å². The number of phosphoric acid groups is 1. The summed E-state index contributed by atoms with van der Waals surface area (Å²) in [6.45, 7) is 6.66. The summed E-state index contributed by atoms with van der Waals surface area (Å²) in [6.07, 6.45) is 67.6. The van der Waals surface area contributed by atoms with Crippen molar-refractivity contribution in [2.24, 2.45) is 0 Å². The highest BCUT2D eigenvalue weighted by Crippen LogP contribution is 2.43. The Labute approximate surface area is 429 Å². The molecule has 0 aromatic heterocycles. The van der Waals surface area contributed by atoms with Gasteiger partial charge in [-0.15, -0.1) is 0 Å². The van der Waals surface area contributed by atoms with Crippen LogP contribution in [0.25, 0.3) is 0 Å². The molecule has 0 fully saturated rings. The van der Waals surface area contributed by atoms with Crippen LogP contribution in [0.5, 0.6) is 0 Å². The van der Waals surface area contributed by atoms with Gasteiger partial charge in [-0.25, -0.2) is 4.57 Å². The highest BCUT2D eigenvalue weighted by Gasteiger charge is 2.30. The van der Waals surface area contributed by atoms with Gasteiger partial charge in [-0.1, -0.05) is 233 Å². The van der Waals surface area contributed by atoms with Gasteiger partial charge in [0.15, 0.2) is 0 Å². The van der Waals surface area contributed by atoms with Crippen molar-refractivity contribution in [2.45, 2.75) is 206 Å². The maximum Gasteiger partial charge on any atom is 0.472 e. The first kappa shape index (κ1) is 66.4. The molecule has 0 aromatic carbocycles. The molecule has 3 unspecified atom stereocenters. The van der Waals surface area contributed by atoms with Crippen LogP contribution in [0, 0.1) is 0 Å². The molecule has 0 aliphatic heterocycles. The molecule has 10 heteroatoms. The average molecular weight is 994 g/mol. The summed E-state index contributed by atoms with van der Waals surface area (Å²) in [4.78, 5) is 37.5. The number of quaternary nitrogens is 1. The van der Waals surface area contributed by atoms with Crippen LogP contribution >= 0.6 is 7.82 Å². The van der Waals surface area contributed by atoms with E-state index in [9.17, 15) is 19.0 Å². The molecule has 0 saturated carbocycles. The van der Waals surface area contributed by atoms with Crippen LogP contribution in [0.4, 0.5) is 0 Å². The summed E-state index contributed by atoms with van der Waals surface area (Å²) in [5, 5.41) is 3.01. The molecule has 0 radical (unpaired) electrons. The van der Waals surface area contributed by atoms with Crippen molar-refractivity contribution < 1.29 is 37.3 Å². The zero-order valence-corrected chi connectivity index (χ0v) is 46.1. The fourth-order valence-electron chi connectivity index (χ4n) is 7.15. The summed E-state index contributed by atoms with van der Waals surface area (Å²) in [5.41, 5.74) is 0. The van der Waals surface area contributed by atoms with Crippen LogP contribution in [0.15, 0.2) is 122 Å². The first-order valence-corrected chi connectivity index (χ1v) is 29.0. The molecule has 0 spiro atoms. The molecule has 1 amide bonds. The Morgan fingerprint density at radius 3 is 1.39 bits per heavy atom. The number of allylic oxidation sites excluding steroid dienone is 19. The van der Waals surface area contributed by atoms with E-state index in [1.165, 1.54) is 70.6 Å². The normalized spacial score (nSPS) is 14.8. The number of ether oxygens (including phenoxy) is 1. The zero-order chi connectivity index (χ0) is 51.5. The molecule has 3 atom stereocenters. The second-order valence-electron chi connectivity index (χ2n) is 19.2. The minimum atomic E-state index is -4.47. The molecular formula is C60H102N2O7P+. The molecule has 0 bridgehead atoms. The number of amides is 1. The molecule has 70 heavy (non-hydrogen) atoms. The van der Waals surface area contributed by atoms with Gasteiger partial charge in [-0.05, 0) is 70.3 Å². The van der Waals surface area contributed by atoms with Crippen molar-refractivity contribution in [1.82, 2.24) is 5.32 Å². The van der Waals surface area contributed by atoms with Crippen LogP contribution in [-0.2, 0) is 27.9 Å². The molecule has 0 rings (SSSR count). The van der Waals surface area contributed by atoms with Gasteiger partial charge in [0.1, 0.15) is 19.3 Å². The number of rotatable bonds is 47. The van der Waals surface area contributed by atoms with Gasteiger partial charge < -0.3 is 19.4 Å². The molecule has 0 aromatic rings. The summed E-state index contributed by atoms with van der Waals surface area (Å²) >= 11 is 0. The predicted molar refractivity (Wildman–Crippen MR) is 300 cm³/mol.